The van der Waals surface area contributed by atoms with Gasteiger partial charge in [0.25, 0.3) is 5.91 Å². The SMILES string of the molecule is O=C(COc1ccc(C2SCCCS2)cc1)Nc1ccc(Br)cc1F. The van der Waals surface area contributed by atoms with Crippen LogP contribution in [0.3, 0.4) is 0 Å². The minimum atomic E-state index is -0.491. The van der Waals surface area contributed by atoms with Crippen molar-refractivity contribution in [3.05, 3.63) is 58.3 Å². The van der Waals surface area contributed by atoms with E-state index in [1.54, 1.807) is 6.07 Å². The minimum absolute atomic E-state index is 0.137. The third-order valence-corrected chi connectivity index (χ3v) is 7.06. The van der Waals surface area contributed by atoms with E-state index in [-0.39, 0.29) is 12.3 Å². The van der Waals surface area contributed by atoms with Gasteiger partial charge < -0.3 is 10.1 Å². The summed E-state index contributed by atoms with van der Waals surface area (Å²) in [7, 11) is 0. The van der Waals surface area contributed by atoms with E-state index in [9.17, 15) is 9.18 Å². The molecule has 2 aromatic carbocycles. The predicted octanol–water partition coefficient (Wildman–Crippen LogP) is 5.47. The number of anilines is 1. The van der Waals surface area contributed by atoms with Gasteiger partial charge >= 0.3 is 0 Å². The lowest BCUT2D eigenvalue weighted by Crippen LogP contribution is -2.20. The Labute approximate surface area is 163 Å². The van der Waals surface area contributed by atoms with E-state index < -0.39 is 11.7 Å². The lowest BCUT2D eigenvalue weighted by molar-refractivity contribution is -0.118. The van der Waals surface area contributed by atoms with Gasteiger partial charge in [-0.05, 0) is 53.8 Å². The molecule has 0 bridgehead atoms. The third-order valence-electron chi connectivity index (χ3n) is 3.55. The van der Waals surface area contributed by atoms with Crippen molar-refractivity contribution >= 4 is 51.0 Å². The van der Waals surface area contributed by atoms with E-state index in [1.165, 1.54) is 35.6 Å². The van der Waals surface area contributed by atoms with E-state index in [4.69, 9.17) is 4.74 Å². The summed E-state index contributed by atoms with van der Waals surface area (Å²) in [5, 5.41) is 2.50. The van der Waals surface area contributed by atoms with Crippen molar-refractivity contribution in [2.24, 2.45) is 0 Å². The van der Waals surface area contributed by atoms with Crippen LogP contribution in [0.2, 0.25) is 0 Å². The highest BCUT2D eigenvalue weighted by molar-refractivity contribution is 9.10. The van der Waals surface area contributed by atoms with Gasteiger partial charge in [-0.2, -0.15) is 0 Å². The topological polar surface area (TPSA) is 38.3 Å². The first-order valence-corrected chi connectivity index (χ1v) is 10.7. The molecule has 1 fully saturated rings. The summed E-state index contributed by atoms with van der Waals surface area (Å²) in [5.41, 5.74) is 1.40. The van der Waals surface area contributed by atoms with E-state index in [0.29, 0.717) is 14.8 Å². The number of benzene rings is 2. The lowest BCUT2D eigenvalue weighted by Gasteiger charge is -2.21. The number of carbonyl (C=O) groups excluding carboxylic acids is 1. The predicted molar refractivity (Wildman–Crippen MR) is 107 cm³/mol. The summed E-state index contributed by atoms with van der Waals surface area (Å²) < 4.78 is 20.3. The fraction of sp³-hybridized carbons (Fsp3) is 0.278. The van der Waals surface area contributed by atoms with Crippen LogP contribution in [0.4, 0.5) is 10.1 Å². The Balaban J connectivity index is 1.51. The molecule has 0 radical (unpaired) electrons. The Hall–Kier alpha value is -1.18. The molecule has 1 heterocycles. The molecule has 132 valence electrons. The van der Waals surface area contributed by atoms with Crippen molar-refractivity contribution in [2.45, 2.75) is 11.0 Å². The summed E-state index contributed by atoms with van der Waals surface area (Å²) in [6, 6.07) is 12.3. The van der Waals surface area contributed by atoms with Gasteiger partial charge in [0.05, 0.1) is 10.3 Å². The van der Waals surface area contributed by atoms with Crippen molar-refractivity contribution in [3.63, 3.8) is 0 Å². The highest BCUT2D eigenvalue weighted by Crippen LogP contribution is 2.43. The van der Waals surface area contributed by atoms with Crippen LogP contribution in [0.5, 0.6) is 5.75 Å². The molecule has 0 aliphatic carbocycles. The molecule has 2 aromatic rings. The van der Waals surface area contributed by atoms with Crippen LogP contribution in [0.1, 0.15) is 16.6 Å². The molecule has 0 unspecified atom stereocenters. The second kappa shape index (κ2) is 8.96. The summed E-state index contributed by atoms with van der Waals surface area (Å²) in [6.07, 6.45) is 1.26. The Bertz CT molecular complexity index is 736. The molecule has 7 heteroatoms. The number of nitrogens with one attached hydrogen (secondary N) is 1. The van der Waals surface area contributed by atoms with Crippen LogP contribution in [-0.4, -0.2) is 24.0 Å². The fourth-order valence-electron chi connectivity index (χ4n) is 2.33. The van der Waals surface area contributed by atoms with Crippen LogP contribution in [-0.2, 0) is 4.79 Å². The number of thioether (sulfide) groups is 2. The Kier molecular flexibility index (Phi) is 6.67. The van der Waals surface area contributed by atoms with Gasteiger partial charge in [0.15, 0.2) is 6.61 Å². The van der Waals surface area contributed by atoms with Crippen molar-refractivity contribution in [2.75, 3.05) is 23.4 Å². The highest BCUT2D eigenvalue weighted by atomic mass is 79.9. The quantitative estimate of drug-likeness (QED) is 0.666. The van der Waals surface area contributed by atoms with Crippen LogP contribution in [0.25, 0.3) is 0 Å². The smallest absolute Gasteiger partial charge is 0.262 e. The third kappa shape index (κ3) is 5.39. The van der Waals surface area contributed by atoms with Gasteiger partial charge in [-0.1, -0.05) is 28.1 Å². The number of hydrogen-bond acceptors (Lipinski definition) is 4. The first kappa shape index (κ1) is 18.6. The number of carbonyl (C=O) groups is 1. The molecule has 0 spiro atoms. The molecular weight excluding hydrogens is 425 g/mol. The van der Waals surface area contributed by atoms with Crippen LogP contribution < -0.4 is 10.1 Å². The summed E-state index contributed by atoms with van der Waals surface area (Å²) in [4.78, 5) is 11.9. The molecule has 1 saturated heterocycles. The molecule has 1 aliphatic heterocycles. The number of hydrogen-bond donors (Lipinski definition) is 1. The molecule has 3 rings (SSSR count). The van der Waals surface area contributed by atoms with Gasteiger partial charge in [0, 0.05) is 4.47 Å². The largest absolute Gasteiger partial charge is 0.484 e. The molecule has 0 atom stereocenters. The number of halogens is 2. The van der Waals surface area contributed by atoms with E-state index >= 15 is 0 Å². The molecule has 0 aromatic heterocycles. The molecule has 3 nitrogen and oxygen atoms in total. The summed E-state index contributed by atoms with van der Waals surface area (Å²) in [5.74, 6) is 2.13. The maximum Gasteiger partial charge on any atom is 0.262 e. The van der Waals surface area contributed by atoms with Crippen molar-refractivity contribution in [1.82, 2.24) is 0 Å². The molecular formula is C18H17BrFNO2S2. The number of ether oxygens (including phenoxy) is 1. The zero-order chi connectivity index (χ0) is 17.6. The number of amides is 1. The van der Waals surface area contributed by atoms with Gasteiger partial charge in [-0.15, -0.1) is 23.5 Å². The standard InChI is InChI=1S/C18H17BrFNO2S2/c19-13-4-7-16(15(20)10-13)21-17(22)11-23-14-5-2-12(3-6-14)18-24-8-1-9-25-18/h2-7,10,18H,1,8-9,11H2,(H,21,22). The second-order valence-corrected chi connectivity index (χ2v) is 9.10. The summed E-state index contributed by atoms with van der Waals surface area (Å²) in [6.45, 7) is -0.165. The van der Waals surface area contributed by atoms with Gasteiger partial charge in [0.1, 0.15) is 11.6 Å². The first-order valence-electron chi connectivity index (χ1n) is 7.83. The van der Waals surface area contributed by atoms with Crippen LogP contribution in [0, 0.1) is 5.82 Å². The van der Waals surface area contributed by atoms with E-state index in [2.05, 4.69) is 21.2 Å². The first-order chi connectivity index (χ1) is 12.1. The molecule has 1 N–H and O–H groups in total. The van der Waals surface area contributed by atoms with Crippen molar-refractivity contribution < 1.29 is 13.9 Å². The molecule has 0 saturated carbocycles. The van der Waals surface area contributed by atoms with Gasteiger partial charge in [0.2, 0.25) is 0 Å². The zero-order valence-corrected chi connectivity index (χ0v) is 16.6. The molecule has 25 heavy (non-hydrogen) atoms. The maximum atomic E-state index is 13.7. The van der Waals surface area contributed by atoms with Crippen molar-refractivity contribution in [1.29, 1.82) is 0 Å². The normalized spacial score (nSPS) is 15.0. The summed E-state index contributed by atoms with van der Waals surface area (Å²) >= 11 is 7.10. The van der Waals surface area contributed by atoms with Crippen LogP contribution >= 0.6 is 39.5 Å². The van der Waals surface area contributed by atoms with Crippen LogP contribution in [0.15, 0.2) is 46.9 Å². The maximum absolute atomic E-state index is 13.7. The average Bonchev–Trinajstić information content (AvgIpc) is 2.63. The second-order valence-electron chi connectivity index (χ2n) is 5.46. The Morgan fingerprint density at radius 2 is 1.92 bits per heavy atom. The zero-order valence-electron chi connectivity index (χ0n) is 13.3. The minimum Gasteiger partial charge on any atom is -0.484 e. The highest BCUT2D eigenvalue weighted by Gasteiger charge is 2.16. The van der Waals surface area contributed by atoms with Gasteiger partial charge in [-0.3, -0.25) is 4.79 Å². The van der Waals surface area contributed by atoms with E-state index in [0.717, 1.165) is 0 Å². The molecule has 1 aliphatic rings. The Morgan fingerprint density at radius 3 is 2.60 bits per heavy atom. The fourth-order valence-corrected chi connectivity index (χ4v) is 5.55. The lowest BCUT2D eigenvalue weighted by atomic mass is 10.2. The molecule has 1 amide bonds. The van der Waals surface area contributed by atoms with Gasteiger partial charge in [-0.25, -0.2) is 4.39 Å². The number of rotatable bonds is 5. The average molecular weight is 442 g/mol. The monoisotopic (exact) mass is 441 g/mol. The van der Waals surface area contributed by atoms with E-state index in [1.807, 2.05) is 47.8 Å². The Morgan fingerprint density at radius 1 is 1.20 bits per heavy atom. The van der Waals surface area contributed by atoms with Crippen molar-refractivity contribution in [3.8, 4) is 5.75 Å².